The topological polar surface area (TPSA) is 45.5 Å². The van der Waals surface area contributed by atoms with Gasteiger partial charge in [-0.25, -0.2) is 4.67 Å². The second-order valence-corrected chi connectivity index (χ2v) is 9.89. The molecule has 7 heteroatoms. The average Bonchev–Trinajstić information content (AvgIpc) is 2.49. The molecular weight excluding hydrogens is 347 g/mol. The summed E-state index contributed by atoms with van der Waals surface area (Å²) in [5, 5.41) is 8.69. The number of unbranched alkanes of at least 4 members (excludes halogenated alkanes) is 1. The highest BCUT2D eigenvalue weighted by Gasteiger charge is 2.26. The van der Waals surface area contributed by atoms with E-state index in [1.54, 1.807) is 0 Å². The first-order chi connectivity index (χ1) is 11.0. The van der Waals surface area contributed by atoms with Gasteiger partial charge in [-0.1, -0.05) is 34.9 Å². The summed E-state index contributed by atoms with van der Waals surface area (Å²) < 4.78 is 14.2. The molecule has 0 N–H and O–H groups in total. The van der Waals surface area contributed by atoms with E-state index in [2.05, 4.69) is 45.4 Å². The van der Waals surface area contributed by atoms with Crippen LogP contribution >= 0.6 is 30.1 Å². The Morgan fingerprint density at radius 1 is 1.00 bits per heavy atom. The zero-order chi connectivity index (χ0) is 17.5. The third kappa shape index (κ3) is 12.5. The van der Waals surface area contributed by atoms with Crippen LogP contribution in [-0.2, 0) is 9.05 Å². The lowest BCUT2D eigenvalue weighted by Crippen LogP contribution is -2.33. The molecule has 0 heterocycles. The van der Waals surface area contributed by atoms with Gasteiger partial charge in [-0.05, 0) is 40.5 Å². The van der Waals surface area contributed by atoms with Gasteiger partial charge in [0.2, 0.25) is 0 Å². The first-order valence-corrected chi connectivity index (χ1v) is 12.1. The van der Waals surface area contributed by atoms with Gasteiger partial charge in [0, 0.05) is 23.6 Å². The van der Waals surface area contributed by atoms with Crippen molar-refractivity contribution in [1.29, 1.82) is 5.26 Å². The molecule has 0 saturated carbocycles. The monoisotopic (exact) mass is 380 g/mol. The molecule has 0 spiro atoms. The molecule has 136 valence electrons. The van der Waals surface area contributed by atoms with E-state index in [9.17, 15) is 0 Å². The van der Waals surface area contributed by atoms with Gasteiger partial charge >= 0.3 is 0 Å². The number of nitrogens with zero attached hydrogens (tertiary/aromatic N) is 2. The van der Waals surface area contributed by atoms with Crippen LogP contribution in [0.25, 0.3) is 0 Å². The number of hydrogen-bond donors (Lipinski definition) is 0. The van der Waals surface area contributed by atoms with Crippen molar-refractivity contribution in [2.75, 3.05) is 24.7 Å². The zero-order valence-corrected chi connectivity index (χ0v) is 17.8. The first-order valence-electron chi connectivity index (χ1n) is 8.50. The summed E-state index contributed by atoms with van der Waals surface area (Å²) in [4.78, 5) is 0. The van der Waals surface area contributed by atoms with E-state index in [1.165, 1.54) is 18.6 Å². The summed E-state index contributed by atoms with van der Waals surface area (Å²) in [6.07, 6.45) is 4.01. The Balaban J connectivity index is 4.13. The smallest absolute Gasteiger partial charge is 0.259 e. The molecule has 0 amide bonds. The van der Waals surface area contributed by atoms with Crippen molar-refractivity contribution >= 4 is 30.1 Å². The van der Waals surface area contributed by atoms with Crippen molar-refractivity contribution in [3.8, 4) is 6.07 Å². The van der Waals surface area contributed by atoms with Crippen molar-refractivity contribution in [1.82, 2.24) is 4.67 Å². The van der Waals surface area contributed by atoms with Crippen LogP contribution in [0.3, 0.4) is 0 Å². The molecule has 0 aliphatic rings. The van der Waals surface area contributed by atoms with Gasteiger partial charge in [-0.3, -0.25) is 0 Å². The summed E-state index contributed by atoms with van der Waals surface area (Å²) in [5.74, 6) is 2.35. The predicted molar refractivity (Wildman–Crippen MR) is 106 cm³/mol. The normalized spacial score (nSPS) is 13.0. The minimum Gasteiger partial charge on any atom is -0.322 e. The third-order valence-electron chi connectivity index (χ3n) is 2.90. The van der Waals surface area contributed by atoms with Crippen LogP contribution in [0.1, 0.15) is 60.3 Å². The maximum absolute atomic E-state index is 8.69. The molecule has 0 rings (SSSR count). The van der Waals surface area contributed by atoms with E-state index in [4.69, 9.17) is 14.3 Å². The van der Waals surface area contributed by atoms with Crippen LogP contribution in [0.2, 0.25) is 0 Å². The van der Waals surface area contributed by atoms with Crippen molar-refractivity contribution < 1.29 is 9.05 Å². The SMILES string of the molecule is CCCCSSCCCOP(OCCC#N)N(C(C)C)C(C)C. The van der Waals surface area contributed by atoms with Gasteiger partial charge in [-0.15, -0.1) is 0 Å². The molecule has 0 fully saturated rings. The van der Waals surface area contributed by atoms with E-state index >= 15 is 0 Å². The molecule has 1 atom stereocenters. The summed E-state index contributed by atoms with van der Waals surface area (Å²) >= 11 is 0. The highest BCUT2D eigenvalue weighted by Crippen LogP contribution is 2.46. The molecule has 0 radical (unpaired) electrons. The molecule has 0 aliphatic carbocycles. The molecule has 23 heavy (non-hydrogen) atoms. The third-order valence-corrected chi connectivity index (χ3v) is 7.59. The standard InChI is InChI=1S/C16H33N2O2PS2/c1-6-7-13-22-23-14-9-12-20-21(19-11-8-10-17)18(15(2)3)16(4)5/h15-16H,6-9,11-14H2,1-5H3. The highest BCUT2D eigenvalue weighted by atomic mass is 33.1. The summed E-state index contributed by atoms with van der Waals surface area (Å²) in [5.41, 5.74) is 0. The first kappa shape index (κ1) is 23.5. The Hall–Kier alpha value is 0.500. The van der Waals surface area contributed by atoms with Crippen LogP contribution in [-0.4, -0.2) is 41.5 Å². The molecule has 0 saturated heterocycles. The van der Waals surface area contributed by atoms with E-state index < -0.39 is 8.53 Å². The van der Waals surface area contributed by atoms with Crippen LogP contribution in [0.5, 0.6) is 0 Å². The van der Waals surface area contributed by atoms with Gasteiger partial charge in [0.25, 0.3) is 8.53 Å². The lowest BCUT2D eigenvalue weighted by Gasteiger charge is -2.35. The Morgan fingerprint density at radius 3 is 2.09 bits per heavy atom. The molecule has 4 nitrogen and oxygen atoms in total. The Labute approximate surface area is 152 Å². The van der Waals surface area contributed by atoms with Crippen LogP contribution < -0.4 is 0 Å². The highest BCUT2D eigenvalue weighted by molar-refractivity contribution is 8.76. The van der Waals surface area contributed by atoms with Gasteiger partial charge < -0.3 is 9.05 Å². The van der Waals surface area contributed by atoms with Gasteiger partial charge in [0.1, 0.15) is 0 Å². The molecule has 0 aromatic rings. The van der Waals surface area contributed by atoms with Crippen LogP contribution in [0.15, 0.2) is 0 Å². The second-order valence-electron chi connectivity index (χ2n) is 5.73. The Morgan fingerprint density at radius 2 is 1.57 bits per heavy atom. The molecule has 1 unspecified atom stereocenters. The summed E-state index contributed by atoms with van der Waals surface area (Å²) in [6, 6.07) is 2.85. The summed E-state index contributed by atoms with van der Waals surface area (Å²) in [7, 11) is 2.81. The molecule has 0 aliphatic heterocycles. The number of rotatable bonds is 15. The number of hydrogen-bond acceptors (Lipinski definition) is 6. The quantitative estimate of drug-likeness (QED) is 0.202. The minimum absolute atomic E-state index is 0.363. The lowest BCUT2D eigenvalue weighted by atomic mass is 10.3. The Bertz CT molecular complexity index is 307. The van der Waals surface area contributed by atoms with Crippen molar-refractivity contribution in [2.24, 2.45) is 0 Å². The van der Waals surface area contributed by atoms with E-state index in [1.807, 2.05) is 21.6 Å². The van der Waals surface area contributed by atoms with Gasteiger partial charge in [0.15, 0.2) is 0 Å². The maximum Gasteiger partial charge on any atom is 0.259 e. The lowest BCUT2D eigenvalue weighted by molar-refractivity contribution is 0.177. The van der Waals surface area contributed by atoms with Crippen molar-refractivity contribution in [2.45, 2.75) is 72.4 Å². The minimum atomic E-state index is -1.08. The van der Waals surface area contributed by atoms with Crippen LogP contribution in [0, 0.1) is 11.3 Å². The Kier molecular flexibility index (Phi) is 16.3. The van der Waals surface area contributed by atoms with Gasteiger partial charge in [0.05, 0.1) is 25.7 Å². The summed E-state index contributed by atoms with van der Waals surface area (Å²) in [6.45, 7) is 12.0. The van der Waals surface area contributed by atoms with Crippen LogP contribution in [0.4, 0.5) is 0 Å². The molecule has 0 bridgehead atoms. The fourth-order valence-corrected chi connectivity index (χ4v) is 5.82. The second kappa shape index (κ2) is 16.0. The number of nitriles is 1. The molecular formula is C16H33N2O2PS2. The van der Waals surface area contributed by atoms with Gasteiger partial charge in [-0.2, -0.15) is 5.26 Å². The fourth-order valence-electron chi connectivity index (χ4n) is 1.89. The van der Waals surface area contributed by atoms with Crippen molar-refractivity contribution in [3.05, 3.63) is 0 Å². The molecule has 0 aromatic heterocycles. The van der Waals surface area contributed by atoms with E-state index in [-0.39, 0.29) is 0 Å². The average molecular weight is 381 g/mol. The maximum atomic E-state index is 8.69. The van der Waals surface area contributed by atoms with Crippen molar-refractivity contribution in [3.63, 3.8) is 0 Å². The predicted octanol–water partition coefficient (Wildman–Crippen LogP) is 5.85. The van der Waals surface area contributed by atoms with E-state index in [0.717, 1.165) is 18.8 Å². The van der Waals surface area contributed by atoms with E-state index in [0.29, 0.717) is 25.1 Å². The zero-order valence-electron chi connectivity index (χ0n) is 15.3. The fraction of sp³-hybridized carbons (Fsp3) is 0.938. The largest absolute Gasteiger partial charge is 0.322 e. The molecule has 0 aromatic carbocycles.